The molecule has 3 rings (SSSR count). The monoisotopic (exact) mass is 352 g/mol. The van der Waals surface area contributed by atoms with Gasteiger partial charge in [-0.25, -0.2) is 0 Å². The van der Waals surface area contributed by atoms with Crippen LogP contribution in [0.3, 0.4) is 0 Å². The Morgan fingerprint density at radius 1 is 1.15 bits per heavy atom. The molecule has 136 valence electrons. The van der Waals surface area contributed by atoms with E-state index in [-0.39, 0.29) is 24.3 Å². The van der Waals surface area contributed by atoms with Crippen LogP contribution in [0.4, 0.5) is 5.69 Å². The van der Waals surface area contributed by atoms with E-state index in [1.54, 1.807) is 30.1 Å². The summed E-state index contributed by atoms with van der Waals surface area (Å²) in [5.41, 5.74) is 2.97. The first kappa shape index (κ1) is 18.0. The normalized spacial score (nSPS) is 13.2. The third-order valence-corrected chi connectivity index (χ3v) is 4.38. The molecule has 1 aliphatic carbocycles. The summed E-state index contributed by atoms with van der Waals surface area (Å²) in [4.78, 5) is 25.7. The Kier molecular flexibility index (Phi) is 5.56. The van der Waals surface area contributed by atoms with E-state index in [4.69, 9.17) is 4.74 Å². The molecule has 1 aliphatic rings. The molecular weight excluding hydrogens is 328 g/mol. The largest absolute Gasteiger partial charge is 0.484 e. The lowest BCUT2D eigenvalue weighted by Gasteiger charge is -2.18. The molecule has 0 aromatic heterocycles. The number of nitrogens with zero attached hydrogens (tertiary/aromatic N) is 1. The predicted octanol–water partition coefficient (Wildman–Crippen LogP) is 3.38. The first-order valence-electron chi connectivity index (χ1n) is 8.84. The highest BCUT2D eigenvalue weighted by molar-refractivity contribution is 5.94. The summed E-state index contributed by atoms with van der Waals surface area (Å²) in [6, 6.07) is 15.2. The zero-order valence-electron chi connectivity index (χ0n) is 15.2. The predicted molar refractivity (Wildman–Crippen MR) is 101 cm³/mol. The van der Waals surface area contributed by atoms with Crippen LogP contribution in [0.2, 0.25) is 0 Å². The molecule has 26 heavy (non-hydrogen) atoms. The minimum Gasteiger partial charge on any atom is -0.484 e. The quantitative estimate of drug-likeness (QED) is 0.831. The number of anilines is 1. The van der Waals surface area contributed by atoms with E-state index >= 15 is 0 Å². The second-order valence-electron chi connectivity index (χ2n) is 6.82. The molecule has 0 radical (unpaired) electrons. The summed E-state index contributed by atoms with van der Waals surface area (Å²) < 4.78 is 5.60. The highest BCUT2D eigenvalue weighted by Gasteiger charge is 2.29. The maximum absolute atomic E-state index is 12.3. The molecule has 0 bridgehead atoms. The topological polar surface area (TPSA) is 58.6 Å². The number of amides is 2. The molecular formula is C21H24N2O3. The summed E-state index contributed by atoms with van der Waals surface area (Å²) in [7, 11) is 1.76. The molecule has 0 saturated heterocycles. The molecule has 5 nitrogen and oxygen atoms in total. The number of carbonyl (C=O) groups is 2. The molecule has 0 heterocycles. The minimum atomic E-state index is -0.0991. The van der Waals surface area contributed by atoms with Crippen molar-refractivity contribution in [2.45, 2.75) is 26.3 Å². The van der Waals surface area contributed by atoms with Gasteiger partial charge in [0.05, 0.1) is 0 Å². The molecule has 0 aliphatic heterocycles. The number of hydrogen-bond acceptors (Lipinski definition) is 3. The van der Waals surface area contributed by atoms with Gasteiger partial charge in [0.2, 0.25) is 5.91 Å². The third-order valence-electron chi connectivity index (χ3n) is 4.38. The molecule has 1 fully saturated rings. The van der Waals surface area contributed by atoms with E-state index in [1.165, 1.54) is 5.56 Å². The van der Waals surface area contributed by atoms with Crippen molar-refractivity contribution in [3.05, 3.63) is 59.7 Å². The van der Waals surface area contributed by atoms with E-state index in [1.807, 2.05) is 37.3 Å². The van der Waals surface area contributed by atoms with E-state index in [0.717, 1.165) is 18.4 Å². The SMILES string of the molecule is Cc1ccc(CN(C)C(=O)COc2cccc(NC(=O)C3CC3)c2)cc1. The number of carbonyl (C=O) groups excluding carboxylic acids is 2. The Hall–Kier alpha value is -2.82. The second-order valence-corrected chi connectivity index (χ2v) is 6.82. The van der Waals surface area contributed by atoms with Crippen LogP contribution in [0.5, 0.6) is 5.75 Å². The van der Waals surface area contributed by atoms with Crippen molar-refractivity contribution in [1.82, 2.24) is 4.90 Å². The molecule has 0 atom stereocenters. The number of rotatable bonds is 7. The Morgan fingerprint density at radius 3 is 2.58 bits per heavy atom. The summed E-state index contributed by atoms with van der Waals surface area (Å²) in [5.74, 6) is 0.668. The summed E-state index contributed by atoms with van der Waals surface area (Å²) in [6.45, 7) is 2.54. The van der Waals surface area contributed by atoms with Crippen LogP contribution in [0.1, 0.15) is 24.0 Å². The molecule has 1 N–H and O–H groups in total. The number of hydrogen-bond donors (Lipinski definition) is 1. The Morgan fingerprint density at radius 2 is 1.88 bits per heavy atom. The van der Waals surface area contributed by atoms with Crippen molar-refractivity contribution in [2.24, 2.45) is 5.92 Å². The molecule has 0 unspecified atom stereocenters. The number of benzene rings is 2. The van der Waals surface area contributed by atoms with Gasteiger partial charge in [-0.3, -0.25) is 9.59 Å². The summed E-state index contributed by atoms with van der Waals surface area (Å²) in [5, 5.41) is 2.88. The van der Waals surface area contributed by atoms with Gasteiger partial charge < -0.3 is 15.0 Å². The maximum atomic E-state index is 12.3. The number of likely N-dealkylation sites (N-methyl/N-ethyl adjacent to an activating group) is 1. The lowest BCUT2D eigenvalue weighted by Crippen LogP contribution is -2.30. The minimum absolute atomic E-state index is 0.0393. The van der Waals surface area contributed by atoms with Crippen LogP contribution in [0, 0.1) is 12.8 Å². The molecule has 0 spiro atoms. The Labute approximate surface area is 154 Å². The van der Waals surface area contributed by atoms with E-state index in [2.05, 4.69) is 5.32 Å². The van der Waals surface area contributed by atoms with Crippen LogP contribution in [-0.4, -0.2) is 30.4 Å². The smallest absolute Gasteiger partial charge is 0.260 e. The number of aryl methyl sites for hydroxylation is 1. The first-order chi connectivity index (χ1) is 12.5. The first-order valence-corrected chi connectivity index (χ1v) is 8.84. The molecule has 5 heteroatoms. The summed E-state index contributed by atoms with van der Waals surface area (Å²) in [6.07, 6.45) is 1.92. The van der Waals surface area contributed by atoms with Crippen LogP contribution in [0.25, 0.3) is 0 Å². The van der Waals surface area contributed by atoms with Gasteiger partial charge in [-0.1, -0.05) is 35.9 Å². The van der Waals surface area contributed by atoms with Gasteiger partial charge in [-0.15, -0.1) is 0 Å². The van der Waals surface area contributed by atoms with Crippen molar-refractivity contribution in [3.8, 4) is 5.75 Å². The maximum Gasteiger partial charge on any atom is 0.260 e. The fourth-order valence-corrected chi connectivity index (χ4v) is 2.56. The van der Waals surface area contributed by atoms with Crippen molar-refractivity contribution >= 4 is 17.5 Å². The van der Waals surface area contributed by atoms with E-state index in [0.29, 0.717) is 18.0 Å². The van der Waals surface area contributed by atoms with Gasteiger partial charge >= 0.3 is 0 Å². The van der Waals surface area contributed by atoms with Crippen molar-refractivity contribution in [2.75, 3.05) is 19.0 Å². The standard InChI is InChI=1S/C21H24N2O3/c1-15-6-8-16(9-7-15)13-23(2)20(24)14-26-19-5-3-4-18(12-19)22-21(25)17-10-11-17/h3-9,12,17H,10-11,13-14H2,1-2H3,(H,22,25). The third kappa shape index (κ3) is 5.09. The van der Waals surface area contributed by atoms with Gasteiger partial charge in [0, 0.05) is 31.3 Å². The lowest BCUT2D eigenvalue weighted by molar-refractivity contribution is -0.132. The van der Waals surface area contributed by atoms with Crippen LogP contribution in [0.15, 0.2) is 48.5 Å². The van der Waals surface area contributed by atoms with E-state index in [9.17, 15) is 9.59 Å². The molecule has 2 amide bonds. The zero-order chi connectivity index (χ0) is 18.5. The number of nitrogens with one attached hydrogen (secondary N) is 1. The van der Waals surface area contributed by atoms with Gasteiger partial charge in [0.15, 0.2) is 6.61 Å². The Balaban J connectivity index is 1.50. The van der Waals surface area contributed by atoms with E-state index < -0.39 is 0 Å². The fraction of sp³-hybridized carbons (Fsp3) is 0.333. The van der Waals surface area contributed by atoms with Crippen LogP contribution < -0.4 is 10.1 Å². The lowest BCUT2D eigenvalue weighted by atomic mass is 10.1. The number of ether oxygens (including phenoxy) is 1. The summed E-state index contributed by atoms with van der Waals surface area (Å²) >= 11 is 0. The van der Waals surface area contributed by atoms with Gasteiger partial charge in [0.1, 0.15) is 5.75 Å². The van der Waals surface area contributed by atoms with Gasteiger partial charge in [-0.2, -0.15) is 0 Å². The zero-order valence-corrected chi connectivity index (χ0v) is 15.2. The van der Waals surface area contributed by atoms with Gasteiger partial charge in [-0.05, 0) is 37.5 Å². The molecule has 2 aromatic rings. The van der Waals surface area contributed by atoms with Crippen LogP contribution in [-0.2, 0) is 16.1 Å². The average molecular weight is 352 g/mol. The van der Waals surface area contributed by atoms with Crippen molar-refractivity contribution < 1.29 is 14.3 Å². The highest BCUT2D eigenvalue weighted by Crippen LogP contribution is 2.30. The second kappa shape index (κ2) is 8.04. The van der Waals surface area contributed by atoms with Crippen LogP contribution >= 0.6 is 0 Å². The highest BCUT2D eigenvalue weighted by atomic mass is 16.5. The molecule has 2 aromatic carbocycles. The van der Waals surface area contributed by atoms with Crippen molar-refractivity contribution in [1.29, 1.82) is 0 Å². The average Bonchev–Trinajstić information content (AvgIpc) is 3.47. The Bertz CT molecular complexity index is 782. The molecule has 1 saturated carbocycles. The fourth-order valence-electron chi connectivity index (χ4n) is 2.56. The van der Waals surface area contributed by atoms with Gasteiger partial charge in [0.25, 0.3) is 5.91 Å². The van der Waals surface area contributed by atoms with Crippen molar-refractivity contribution in [3.63, 3.8) is 0 Å².